The van der Waals surface area contributed by atoms with Gasteiger partial charge in [-0.25, -0.2) is 4.79 Å². The van der Waals surface area contributed by atoms with Gasteiger partial charge in [0.1, 0.15) is 0 Å². The first kappa shape index (κ1) is 13.8. The zero-order chi connectivity index (χ0) is 13.7. The number of pyridine rings is 1. The van der Waals surface area contributed by atoms with Crippen LogP contribution in [-0.2, 0) is 0 Å². The van der Waals surface area contributed by atoms with Gasteiger partial charge in [-0.3, -0.25) is 4.98 Å². The molecule has 0 saturated carbocycles. The number of hydrogen-bond acceptors (Lipinski definition) is 3. The van der Waals surface area contributed by atoms with E-state index in [2.05, 4.69) is 16.8 Å². The molecule has 104 valence electrons. The van der Waals surface area contributed by atoms with Gasteiger partial charge in [0.2, 0.25) is 0 Å². The van der Waals surface area contributed by atoms with Crippen LogP contribution in [0.1, 0.15) is 49.4 Å². The van der Waals surface area contributed by atoms with Crippen molar-refractivity contribution in [2.24, 2.45) is 5.92 Å². The molecule has 2 rings (SSSR count). The summed E-state index contributed by atoms with van der Waals surface area (Å²) in [6.07, 6.45) is 9.30. The van der Waals surface area contributed by atoms with Gasteiger partial charge in [-0.1, -0.05) is 19.8 Å². The molecule has 0 radical (unpaired) electrons. The van der Waals surface area contributed by atoms with E-state index in [1.807, 2.05) is 0 Å². The van der Waals surface area contributed by atoms with Crippen molar-refractivity contribution in [1.29, 1.82) is 0 Å². The van der Waals surface area contributed by atoms with E-state index in [4.69, 9.17) is 0 Å². The number of carboxylic acids is 1. The predicted molar refractivity (Wildman–Crippen MR) is 75.7 cm³/mol. The van der Waals surface area contributed by atoms with Crippen LogP contribution in [0, 0.1) is 5.92 Å². The van der Waals surface area contributed by atoms with Crippen LogP contribution in [0.2, 0.25) is 0 Å². The molecule has 4 nitrogen and oxygen atoms in total. The van der Waals surface area contributed by atoms with Crippen LogP contribution in [0.4, 0.5) is 5.69 Å². The number of hydrogen-bond donors (Lipinski definition) is 1. The molecule has 1 unspecified atom stereocenters. The van der Waals surface area contributed by atoms with Crippen LogP contribution < -0.4 is 4.90 Å². The summed E-state index contributed by atoms with van der Waals surface area (Å²) in [5.74, 6) is -0.0771. The molecular formula is C15H22N2O2. The number of carboxylic acid groups (broad SMARTS) is 1. The van der Waals surface area contributed by atoms with Crippen LogP contribution in [0.15, 0.2) is 18.5 Å². The maximum absolute atomic E-state index is 11.3. The fraction of sp³-hybridized carbons (Fsp3) is 0.600. The van der Waals surface area contributed by atoms with Crippen molar-refractivity contribution in [1.82, 2.24) is 4.98 Å². The largest absolute Gasteiger partial charge is 0.478 e. The third-order valence-electron chi connectivity index (χ3n) is 3.92. The van der Waals surface area contributed by atoms with Gasteiger partial charge in [0, 0.05) is 19.3 Å². The van der Waals surface area contributed by atoms with Crippen LogP contribution in [-0.4, -0.2) is 29.1 Å². The van der Waals surface area contributed by atoms with Crippen molar-refractivity contribution in [2.75, 3.05) is 18.0 Å². The Morgan fingerprint density at radius 2 is 2.32 bits per heavy atom. The normalized spacial score (nSPS) is 20.1. The van der Waals surface area contributed by atoms with Crippen molar-refractivity contribution >= 4 is 11.7 Å². The topological polar surface area (TPSA) is 53.4 Å². The Morgan fingerprint density at radius 3 is 3.05 bits per heavy atom. The summed E-state index contributed by atoms with van der Waals surface area (Å²) in [6, 6.07) is 1.59. The Balaban J connectivity index is 2.12. The van der Waals surface area contributed by atoms with E-state index < -0.39 is 5.97 Å². The minimum Gasteiger partial charge on any atom is -0.478 e. The molecular weight excluding hydrogens is 240 g/mol. The van der Waals surface area contributed by atoms with Gasteiger partial charge < -0.3 is 10.0 Å². The number of aromatic carboxylic acids is 1. The van der Waals surface area contributed by atoms with Crippen LogP contribution in [0.25, 0.3) is 0 Å². The molecule has 1 saturated heterocycles. The van der Waals surface area contributed by atoms with Gasteiger partial charge >= 0.3 is 5.97 Å². The molecule has 4 heteroatoms. The molecule has 1 aliphatic rings. The quantitative estimate of drug-likeness (QED) is 0.905. The van der Waals surface area contributed by atoms with Gasteiger partial charge in [0.05, 0.1) is 17.4 Å². The lowest BCUT2D eigenvalue weighted by Crippen LogP contribution is -2.26. The average molecular weight is 262 g/mol. The summed E-state index contributed by atoms with van der Waals surface area (Å²) in [4.78, 5) is 17.5. The molecule has 1 aromatic rings. The van der Waals surface area contributed by atoms with Crippen LogP contribution in [0.5, 0.6) is 0 Å². The van der Waals surface area contributed by atoms with Gasteiger partial charge in [0.15, 0.2) is 0 Å². The first-order chi connectivity index (χ1) is 9.22. The van der Waals surface area contributed by atoms with E-state index in [9.17, 15) is 9.90 Å². The summed E-state index contributed by atoms with van der Waals surface area (Å²) in [6.45, 7) is 4.11. The highest BCUT2D eigenvalue weighted by molar-refractivity contribution is 5.94. The van der Waals surface area contributed by atoms with Gasteiger partial charge in [-0.2, -0.15) is 0 Å². The standard InChI is InChI=1S/C15H22N2O2/c1-2-4-12-5-3-9-17(10-7-12)14-11-16-8-6-13(14)15(18)19/h6,8,11-12H,2-5,7,9-10H2,1H3,(H,18,19). The van der Waals surface area contributed by atoms with Crippen molar-refractivity contribution in [3.63, 3.8) is 0 Å². The molecule has 0 aliphatic carbocycles. The molecule has 1 fully saturated rings. The Morgan fingerprint density at radius 1 is 1.47 bits per heavy atom. The Hall–Kier alpha value is -1.58. The Kier molecular flexibility index (Phi) is 4.77. The second-order valence-corrected chi connectivity index (χ2v) is 5.27. The zero-order valence-electron chi connectivity index (χ0n) is 11.5. The summed E-state index contributed by atoms with van der Waals surface area (Å²) in [7, 11) is 0. The minimum atomic E-state index is -0.869. The van der Waals surface area contributed by atoms with E-state index in [0.29, 0.717) is 5.56 Å². The molecule has 1 aromatic heterocycles. The minimum absolute atomic E-state index is 0.365. The Bertz CT molecular complexity index is 434. The monoisotopic (exact) mass is 262 g/mol. The molecule has 0 aromatic carbocycles. The average Bonchev–Trinajstić information content (AvgIpc) is 2.65. The van der Waals surface area contributed by atoms with Crippen LogP contribution in [0.3, 0.4) is 0 Å². The highest BCUT2D eigenvalue weighted by atomic mass is 16.4. The van der Waals surface area contributed by atoms with Crippen LogP contribution >= 0.6 is 0 Å². The lowest BCUT2D eigenvalue weighted by atomic mass is 9.96. The fourth-order valence-electron chi connectivity index (χ4n) is 2.92. The highest BCUT2D eigenvalue weighted by Crippen LogP contribution is 2.27. The number of rotatable bonds is 4. The molecule has 1 atom stereocenters. The van der Waals surface area contributed by atoms with Crippen molar-refractivity contribution < 1.29 is 9.90 Å². The second-order valence-electron chi connectivity index (χ2n) is 5.27. The molecule has 1 N–H and O–H groups in total. The van der Waals surface area contributed by atoms with Crippen molar-refractivity contribution in [3.8, 4) is 0 Å². The molecule has 19 heavy (non-hydrogen) atoms. The predicted octanol–water partition coefficient (Wildman–Crippen LogP) is 3.19. The number of aromatic nitrogens is 1. The molecule has 1 aliphatic heterocycles. The summed E-state index contributed by atoms with van der Waals surface area (Å²) in [5.41, 5.74) is 1.14. The number of carbonyl (C=O) groups is 1. The van der Waals surface area contributed by atoms with Gasteiger partial charge in [-0.15, -0.1) is 0 Å². The molecule has 0 spiro atoms. The summed E-state index contributed by atoms with van der Waals surface area (Å²) in [5, 5.41) is 9.25. The second kappa shape index (κ2) is 6.55. The van der Waals surface area contributed by atoms with E-state index in [1.165, 1.54) is 19.3 Å². The lowest BCUT2D eigenvalue weighted by molar-refractivity contribution is 0.0697. The number of nitrogens with zero attached hydrogens (tertiary/aromatic N) is 2. The van der Waals surface area contributed by atoms with E-state index in [1.54, 1.807) is 18.5 Å². The highest BCUT2D eigenvalue weighted by Gasteiger charge is 2.20. The van der Waals surface area contributed by atoms with E-state index in [-0.39, 0.29) is 0 Å². The van der Waals surface area contributed by atoms with Gasteiger partial charge in [0.25, 0.3) is 0 Å². The van der Waals surface area contributed by atoms with E-state index >= 15 is 0 Å². The third kappa shape index (κ3) is 3.46. The van der Waals surface area contributed by atoms with Gasteiger partial charge in [-0.05, 0) is 31.2 Å². The number of anilines is 1. The third-order valence-corrected chi connectivity index (χ3v) is 3.92. The smallest absolute Gasteiger partial charge is 0.337 e. The SMILES string of the molecule is CCCC1CCCN(c2cnccc2C(=O)O)CC1. The first-order valence-electron chi connectivity index (χ1n) is 7.14. The first-order valence-corrected chi connectivity index (χ1v) is 7.14. The van der Waals surface area contributed by atoms with E-state index in [0.717, 1.165) is 37.5 Å². The fourth-order valence-corrected chi connectivity index (χ4v) is 2.92. The summed E-state index contributed by atoms with van der Waals surface area (Å²) >= 11 is 0. The van der Waals surface area contributed by atoms with Crippen molar-refractivity contribution in [2.45, 2.75) is 39.0 Å². The Labute approximate surface area is 114 Å². The lowest BCUT2D eigenvalue weighted by Gasteiger charge is -2.24. The molecule has 0 bridgehead atoms. The van der Waals surface area contributed by atoms with Crippen molar-refractivity contribution in [3.05, 3.63) is 24.0 Å². The zero-order valence-corrected chi connectivity index (χ0v) is 11.5. The summed E-state index contributed by atoms with van der Waals surface area (Å²) < 4.78 is 0. The maximum atomic E-state index is 11.3. The molecule has 0 amide bonds. The molecule has 2 heterocycles. The maximum Gasteiger partial charge on any atom is 0.337 e.